The molecule has 7 nitrogen and oxygen atoms in total. The van der Waals surface area contributed by atoms with E-state index in [-0.39, 0.29) is 18.0 Å². The minimum atomic E-state index is -0.822. The maximum Gasteiger partial charge on any atom is 0.304 e. The third-order valence-electron chi connectivity index (χ3n) is 5.54. The summed E-state index contributed by atoms with van der Waals surface area (Å²) >= 11 is 5.99. The molecule has 3 rings (SSSR count). The Morgan fingerprint density at radius 3 is 2.71 bits per heavy atom. The molecule has 1 fully saturated rings. The molecular formula is C23H27ClN4O3. The van der Waals surface area contributed by atoms with Crippen LogP contribution in [-0.4, -0.2) is 44.9 Å². The first-order valence-corrected chi connectivity index (χ1v) is 10.7. The van der Waals surface area contributed by atoms with Gasteiger partial charge in [0.25, 0.3) is 5.56 Å². The summed E-state index contributed by atoms with van der Waals surface area (Å²) in [5.41, 5.74) is 7.33. The summed E-state index contributed by atoms with van der Waals surface area (Å²) in [4.78, 5) is 26.3. The van der Waals surface area contributed by atoms with Gasteiger partial charge in [-0.3, -0.25) is 14.5 Å². The monoisotopic (exact) mass is 442 g/mol. The smallest absolute Gasteiger partial charge is 0.304 e. The number of carboxylic acid groups (broad SMARTS) is 1. The van der Waals surface area contributed by atoms with Crippen molar-refractivity contribution in [2.45, 2.75) is 38.3 Å². The van der Waals surface area contributed by atoms with Gasteiger partial charge in [-0.25, -0.2) is 4.68 Å². The van der Waals surface area contributed by atoms with Crippen LogP contribution in [0.15, 0.2) is 41.7 Å². The van der Waals surface area contributed by atoms with Crippen LogP contribution in [0.3, 0.4) is 0 Å². The van der Waals surface area contributed by atoms with Crippen molar-refractivity contribution in [3.05, 3.63) is 74.0 Å². The van der Waals surface area contributed by atoms with E-state index < -0.39 is 5.97 Å². The van der Waals surface area contributed by atoms with E-state index in [9.17, 15) is 9.59 Å². The number of allylic oxidation sites excluding steroid dienone is 1. The van der Waals surface area contributed by atoms with Gasteiger partial charge >= 0.3 is 5.97 Å². The van der Waals surface area contributed by atoms with Gasteiger partial charge in [0.2, 0.25) is 0 Å². The van der Waals surface area contributed by atoms with Crippen molar-refractivity contribution < 1.29 is 9.90 Å². The lowest BCUT2D eigenvalue weighted by Crippen LogP contribution is -2.50. The number of nitrogens with two attached hydrogens (primary N) is 1. The highest BCUT2D eigenvalue weighted by Crippen LogP contribution is 2.18. The van der Waals surface area contributed by atoms with Gasteiger partial charge in [-0.05, 0) is 43.2 Å². The summed E-state index contributed by atoms with van der Waals surface area (Å²) in [5, 5.41) is 15.4. The van der Waals surface area contributed by atoms with E-state index in [1.807, 2.05) is 24.3 Å². The van der Waals surface area contributed by atoms with Crippen molar-refractivity contribution in [1.29, 1.82) is 0 Å². The summed E-state index contributed by atoms with van der Waals surface area (Å²) in [7, 11) is 0. The zero-order valence-electron chi connectivity index (χ0n) is 17.3. The molecule has 0 bridgehead atoms. The Kier molecular flexibility index (Phi) is 7.65. The molecule has 0 saturated carbocycles. The Balaban J connectivity index is 2.00. The van der Waals surface area contributed by atoms with Crippen molar-refractivity contribution in [3.63, 3.8) is 0 Å². The van der Waals surface area contributed by atoms with Gasteiger partial charge in [-0.15, -0.1) is 0 Å². The van der Waals surface area contributed by atoms with Crippen LogP contribution in [-0.2, 0) is 17.8 Å². The number of nitrogens with zero attached hydrogens (tertiary/aromatic N) is 3. The fraction of sp³-hybridized carbons (Fsp3) is 0.348. The summed E-state index contributed by atoms with van der Waals surface area (Å²) in [6.45, 7) is 5.41. The number of aromatic nitrogens is 2. The topological polar surface area (TPSA) is 101 Å². The standard InChI is InChI=1S/C23H27ClN4O3/c1-2-4-19-20(14-25)21(13-16-6-8-17(24)9-7-16)26-28(23(19)31)15-18-5-3-11-27(18)12-10-22(29)30/h2,4,6-9,14,18H,1,3,5,10-13,15,25H2,(H,29,30)/b19-4+,20-14+/t18-/m1/s1. The van der Waals surface area contributed by atoms with E-state index in [0.29, 0.717) is 40.7 Å². The number of aliphatic carboxylic acids is 1. The van der Waals surface area contributed by atoms with Gasteiger partial charge < -0.3 is 10.8 Å². The first kappa shape index (κ1) is 22.8. The molecule has 0 amide bonds. The second kappa shape index (κ2) is 10.4. The largest absolute Gasteiger partial charge is 0.481 e. The van der Waals surface area contributed by atoms with Gasteiger partial charge in [0.15, 0.2) is 0 Å². The van der Waals surface area contributed by atoms with E-state index in [1.54, 1.807) is 12.2 Å². The van der Waals surface area contributed by atoms with Crippen LogP contribution in [0.2, 0.25) is 5.02 Å². The van der Waals surface area contributed by atoms with Crippen molar-refractivity contribution in [1.82, 2.24) is 14.7 Å². The molecule has 3 N–H and O–H groups in total. The van der Waals surface area contributed by atoms with Gasteiger partial charge in [0.05, 0.1) is 23.9 Å². The molecule has 0 radical (unpaired) electrons. The molecule has 1 aromatic heterocycles. The Labute approximate surface area is 185 Å². The van der Waals surface area contributed by atoms with Crippen LogP contribution in [0.1, 0.15) is 30.5 Å². The minimum Gasteiger partial charge on any atom is -0.481 e. The number of likely N-dealkylation sites (tertiary alicyclic amines) is 1. The molecule has 31 heavy (non-hydrogen) atoms. The highest BCUT2D eigenvalue weighted by Gasteiger charge is 2.26. The molecule has 1 aromatic carbocycles. The Bertz CT molecular complexity index is 1130. The zero-order chi connectivity index (χ0) is 22.4. The van der Waals surface area contributed by atoms with Crippen molar-refractivity contribution in [3.8, 4) is 0 Å². The molecule has 1 aliphatic heterocycles. The average molecular weight is 443 g/mol. The van der Waals surface area contributed by atoms with Crippen LogP contribution in [0.25, 0.3) is 12.3 Å². The average Bonchev–Trinajstić information content (AvgIpc) is 3.18. The minimum absolute atomic E-state index is 0.0669. The lowest BCUT2D eigenvalue weighted by Gasteiger charge is -2.24. The number of carboxylic acids is 1. The van der Waals surface area contributed by atoms with E-state index in [0.717, 1.165) is 24.9 Å². The number of carbonyl (C=O) groups is 1. The molecule has 1 aliphatic rings. The van der Waals surface area contributed by atoms with Gasteiger partial charge in [-0.2, -0.15) is 5.10 Å². The third-order valence-corrected chi connectivity index (χ3v) is 5.79. The molecule has 1 saturated heterocycles. The number of rotatable bonds is 8. The van der Waals surface area contributed by atoms with Gasteiger partial charge in [0.1, 0.15) is 0 Å². The number of hydrogen-bond donors (Lipinski definition) is 2. The second-order valence-electron chi connectivity index (χ2n) is 7.61. The molecule has 0 spiro atoms. The SMILES string of the molecule is C=C/C=c1/c(=O)n(C[C@H]2CCCN2CCC(=O)O)nc(Cc2ccc(Cl)cc2)/c1=C/N. The predicted molar refractivity (Wildman–Crippen MR) is 122 cm³/mol. The van der Waals surface area contributed by atoms with E-state index in [4.69, 9.17) is 22.4 Å². The van der Waals surface area contributed by atoms with Gasteiger partial charge in [-0.1, -0.05) is 36.4 Å². The Hall–Kier alpha value is -2.90. The predicted octanol–water partition coefficient (Wildman–Crippen LogP) is 1.09. The second-order valence-corrected chi connectivity index (χ2v) is 8.05. The summed E-state index contributed by atoms with van der Waals surface area (Å²) in [6.07, 6.45) is 7.07. The molecule has 0 unspecified atom stereocenters. The first-order valence-electron chi connectivity index (χ1n) is 10.3. The van der Waals surface area contributed by atoms with Crippen LogP contribution >= 0.6 is 11.6 Å². The normalized spacial score (nSPS) is 17.9. The number of hydrogen-bond acceptors (Lipinski definition) is 5. The summed E-state index contributed by atoms with van der Waals surface area (Å²) in [6, 6.07) is 7.53. The summed E-state index contributed by atoms with van der Waals surface area (Å²) in [5.74, 6) is -0.822. The molecule has 8 heteroatoms. The molecule has 0 aliphatic carbocycles. The highest BCUT2D eigenvalue weighted by molar-refractivity contribution is 6.30. The first-order chi connectivity index (χ1) is 14.9. The lowest BCUT2D eigenvalue weighted by molar-refractivity contribution is -0.137. The molecule has 164 valence electrons. The molecule has 2 aromatic rings. The van der Waals surface area contributed by atoms with E-state index in [2.05, 4.69) is 16.6 Å². The molecular weight excluding hydrogens is 416 g/mol. The van der Waals surface area contributed by atoms with Crippen LogP contribution < -0.4 is 21.7 Å². The Morgan fingerprint density at radius 2 is 2.06 bits per heavy atom. The van der Waals surface area contributed by atoms with Crippen molar-refractivity contribution >= 4 is 29.8 Å². The van der Waals surface area contributed by atoms with Crippen LogP contribution in [0.5, 0.6) is 0 Å². The third kappa shape index (κ3) is 5.62. The summed E-state index contributed by atoms with van der Waals surface area (Å²) < 4.78 is 1.48. The molecule has 1 atom stereocenters. The number of benzene rings is 1. The van der Waals surface area contributed by atoms with Crippen molar-refractivity contribution in [2.24, 2.45) is 5.73 Å². The van der Waals surface area contributed by atoms with Crippen LogP contribution in [0, 0.1) is 0 Å². The zero-order valence-corrected chi connectivity index (χ0v) is 18.1. The maximum absolute atomic E-state index is 13.2. The number of halogens is 1. The van der Waals surface area contributed by atoms with E-state index >= 15 is 0 Å². The van der Waals surface area contributed by atoms with Gasteiger partial charge in [0, 0.05) is 35.4 Å². The molecule has 2 heterocycles. The van der Waals surface area contributed by atoms with Crippen LogP contribution in [0.4, 0.5) is 0 Å². The van der Waals surface area contributed by atoms with Crippen molar-refractivity contribution in [2.75, 3.05) is 13.1 Å². The highest BCUT2D eigenvalue weighted by atomic mass is 35.5. The lowest BCUT2D eigenvalue weighted by atomic mass is 10.1. The van der Waals surface area contributed by atoms with E-state index in [1.165, 1.54) is 10.9 Å². The maximum atomic E-state index is 13.2. The fourth-order valence-electron chi connectivity index (χ4n) is 4.00. The Morgan fingerprint density at radius 1 is 1.32 bits per heavy atom. The fourth-order valence-corrected chi connectivity index (χ4v) is 4.13. The quantitative estimate of drug-likeness (QED) is 0.634.